The first kappa shape index (κ1) is 15.0. The van der Waals surface area contributed by atoms with E-state index in [-0.39, 0.29) is 0 Å². The minimum absolute atomic E-state index is 0.388. The molecule has 3 heteroatoms. The van der Waals surface area contributed by atoms with Gasteiger partial charge in [-0.25, -0.2) is 0 Å². The van der Waals surface area contributed by atoms with Gasteiger partial charge in [-0.1, -0.05) is 51.0 Å². The van der Waals surface area contributed by atoms with Gasteiger partial charge in [0.1, 0.15) is 6.04 Å². The van der Waals surface area contributed by atoms with E-state index in [0.29, 0.717) is 6.04 Å². The van der Waals surface area contributed by atoms with E-state index in [2.05, 4.69) is 24.8 Å². The Morgan fingerprint density at radius 2 is 1.95 bits per heavy atom. The van der Waals surface area contributed by atoms with Gasteiger partial charge >= 0.3 is 5.97 Å². The van der Waals surface area contributed by atoms with Crippen molar-refractivity contribution in [3.63, 3.8) is 0 Å². The Hall–Kier alpha value is -1.35. The van der Waals surface area contributed by atoms with Crippen LogP contribution in [0.2, 0.25) is 0 Å². The first-order chi connectivity index (χ1) is 9.69. The number of aliphatic carboxylic acids is 1. The standard InChI is InChI=1S/C17H25NO2/c1-3-7-14(8-4-2)18-12-11-13-9-5-6-10-15(13)16(18)17(19)20/h5-6,9-10,14,16H,3-4,7-8,11-12H2,1-2H3,(H,19,20). The third-order valence-electron chi connectivity index (χ3n) is 4.27. The number of hydrogen-bond acceptors (Lipinski definition) is 2. The van der Waals surface area contributed by atoms with Crippen molar-refractivity contribution in [2.24, 2.45) is 0 Å². The highest BCUT2D eigenvalue weighted by Gasteiger charge is 2.35. The minimum atomic E-state index is -0.714. The van der Waals surface area contributed by atoms with Crippen LogP contribution in [0.5, 0.6) is 0 Å². The second kappa shape index (κ2) is 6.89. The molecule has 0 saturated heterocycles. The molecule has 1 unspecified atom stereocenters. The number of carboxylic acids is 1. The molecule has 20 heavy (non-hydrogen) atoms. The molecule has 0 fully saturated rings. The Labute approximate surface area is 121 Å². The van der Waals surface area contributed by atoms with Crippen LogP contribution in [-0.2, 0) is 11.2 Å². The normalized spacial score (nSPS) is 19.1. The monoisotopic (exact) mass is 275 g/mol. The van der Waals surface area contributed by atoms with Crippen LogP contribution >= 0.6 is 0 Å². The Morgan fingerprint density at radius 3 is 2.55 bits per heavy atom. The van der Waals surface area contributed by atoms with Crippen LogP contribution < -0.4 is 0 Å². The first-order valence-corrected chi connectivity index (χ1v) is 7.75. The molecule has 1 atom stereocenters. The molecule has 0 spiro atoms. The average Bonchev–Trinajstić information content (AvgIpc) is 2.45. The molecule has 0 bridgehead atoms. The molecule has 2 rings (SSSR count). The van der Waals surface area contributed by atoms with E-state index in [9.17, 15) is 9.90 Å². The average molecular weight is 275 g/mol. The van der Waals surface area contributed by atoms with Crippen molar-refractivity contribution in [1.29, 1.82) is 0 Å². The third kappa shape index (κ3) is 3.04. The van der Waals surface area contributed by atoms with Gasteiger partial charge in [0.15, 0.2) is 0 Å². The summed E-state index contributed by atoms with van der Waals surface area (Å²) in [6, 6.07) is 7.92. The van der Waals surface area contributed by atoms with Crippen LogP contribution in [0.25, 0.3) is 0 Å². The van der Waals surface area contributed by atoms with E-state index < -0.39 is 12.0 Å². The van der Waals surface area contributed by atoms with E-state index in [1.54, 1.807) is 0 Å². The van der Waals surface area contributed by atoms with E-state index in [0.717, 1.165) is 44.2 Å². The van der Waals surface area contributed by atoms with Gasteiger partial charge in [0.05, 0.1) is 0 Å². The summed E-state index contributed by atoms with van der Waals surface area (Å²) in [5, 5.41) is 9.70. The van der Waals surface area contributed by atoms with Crippen molar-refractivity contribution >= 4 is 5.97 Å². The maximum absolute atomic E-state index is 11.8. The summed E-state index contributed by atoms with van der Waals surface area (Å²) in [7, 11) is 0. The molecule has 1 N–H and O–H groups in total. The number of rotatable bonds is 6. The van der Waals surface area contributed by atoms with E-state index in [1.807, 2.05) is 18.2 Å². The van der Waals surface area contributed by atoms with Crippen LogP contribution in [0.3, 0.4) is 0 Å². The Morgan fingerprint density at radius 1 is 1.30 bits per heavy atom. The summed E-state index contributed by atoms with van der Waals surface area (Å²) in [4.78, 5) is 14.0. The molecule has 0 saturated carbocycles. The summed E-state index contributed by atoms with van der Waals surface area (Å²) in [6.45, 7) is 5.21. The molecule has 110 valence electrons. The predicted molar refractivity (Wildman–Crippen MR) is 80.8 cm³/mol. The smallest absolute Gasteiger partial charge is 0.325 e. The summed E-state index contributed by atoms with van der Waals surface area (Å²) in [5.74, 6) is -0.714. The van der Waals surface area contributed by atoms with Crippen LogP contribution in [0.1, 0.15) is 56.7 Å². The summed E-state index contributed by atoms with van der Waals surface area (Å²) >= 11 is 0. The lowest BCUT2D eigenvalue weighted by Gasteiger charge is -2.40. The number of carbonyl (C=O) groups is 1. The highest BCUT2D eigenvalue weighted by molar-refractivity contribution is 5.76. The van der Waals surface area contributed by atoms with Gasteiger partial charge in [-0.15, -0.1) is 0 Å². The first-order valence-electron chi connectivity index (χ1n) is 7.75. The molecule has 0 amide bonds. The molecule has 3 nitrogen and oxygen atoms in total. The maximum atomic E-state index is 11.8. The van der Waals surface area contributed by atoms with E-state index >= 15 is 0 Å². The van der Waals surface area contributed by atoms with Crippen LogP contribution in [0, 0.1) is 0 Å². The summed E-state index contributed by atoms with van der Waals surface area (Å²) in [5.41, 5.74) is 2.19. The quantitative estimate of drug-likeness (QED) is 0.861. The number of benzene rings is 1. The topological polar surface area (TPSA) is 40.5 Å². The second-order valence-corrected chi connectivity index (χ2v) is 5.66. The van der Waals surface area contributed by atoms with Crippen LogP contribution in [0.4, 0.5) is 0 Å². The zero-order valence-electron chi connectivity index (χ0n) is 12.5. The Bertz CT molecular complexity index is 452. The maximum Gasteiger partial charge on any atom is 0.325 e. The van der Waals surface area contributed by atoms with Crippen molar-refractivity contribution in [1.82, 2.24) is 4.90 Å². The highest BCUT2D eigenvalue weighted by Crippen LogP contribution is 2.33. The molecule has 0 radical (unpaired) electrons. The molecule has 1 heterocycles. The Kier molecular flexibility index (Phi) is 5.18. The van der Waals surface area contributed by atoms with E-state index in [4.69, 9.17) is 0 Å². The van der Waals surface area contributed by atoms with Crippen molar-refractivity contribution < 1.29 is 9.90 Å². The number of carboxylic acid groups (broad SMARTS) is 1. The Balaban J connectivity index is 2.31. The molecule has 1 aromatic rings. The van der Waals surface area contributed by atoms with Gasteiger partial charge < -0.3 is 5.11 Å². The van der Waals surface area contributed by atoms with Crippen molar-refractivity contribution in [3.05, 3.63) is 35.4 Å². The van der Waals surface area contributed by atoms with Crippen LogP contribution in [-0.4, -0.2) is 28.6 Å². The van der Waals surface area contributed by atoms with E-state index in [1.165, 1.54) is 5.56 Å². The third-order valence-corrected chi connectivity index (χ3v) is 4.27. The molecule has 1 aliphatic rings. The van der Waals surface area contributed by atoms with Crippen molar-refractivity contribution in [2.75, 3.05) is 6.54 Å². The minimum Gasteiger partial charge on any atom is -0.480 e. The SMILES string of the molecule is CCCC(CCC)N1CCc2ccccc2C1C(=O)O. The zero-order chi connectivity index (χ0) is 14.5. The van der Waals surface area contributed by atoms with Gasteiger partial charge in [0, 0.05) is 12.6 Å². The largest absolute Gasteiger partial charge is 0.480 e. The molecular weight excluding hydrogens is 250 g/mol. The second-order valence-electron chi connectivity index (χ2n) is 5.66. The molecule has 0 aliphatic carbocycles. The number of nitrogens with zero attached hydrogens (tertiary/aromatic N) is 1. The summed E-state index contributed by atoms with van der Waals surface area (Å²) < 4.78 is 0. The zero-order valence-corrected chi connectivity index (χ0v) is 12.5. The van der Waals surface area contributed by atoms with Gasteiger partial charge in [-0.3, -0.25) is 9.69 Å². The molecular formula is C17H25NO2. The van der Waals surface area contributed by atoms with Gasteiger partial charge in [0.25, 0.3) is 0 Å². The fourth-order valence-electron chi connectivity index (χ4n) is 3.40. The predicted octanol–water partition coefficient (Wildman–Crippen LogP) is 3.64. The lowest BCUT2D eigenvalue weighted by atomic mass is 9.89. The molecule has 1 aromatic carbocycles. The fourth-order valence-corrected chi connectivity index (χ4v) is 3.40. The molecule has 0 aromatic heterocycles. The van der Waals surface area contributed by atoms with Gasteiger partial charge in [-0.2, -0.15) is 0 Å². The number of fused-ring (bicyclic) bond motifs is 1. The van der Waals surface area contributed by atoms with Gasteiger partial charge in [0.2, 0.25) is 0 Å². The highest BCUT2D eigenvalue weighted by atomic mass is 16.4. The van der Waals surface area contributed by atoms with Crippen LogP contribution in [0.15, 0.2) is 24.3 Å². The lowest BCUT2D eigenvalue weighted by Crippen LogP contribution is -2.45. The van der Waals surface area contributed by atoms with Crippen molar-refractivity contribution in [3.8, 4) is 0 Å². The lowest BCUT2D eigenvalue weighted by molar-refractivity contribution is -0.145. The summed E-state index contributed by atoms with van der Waals surface area (Å²) in [6.07, 6.45) is 5.34. The molecule has 1 aliphatic heterocycles. The number of hydrogen-bond donors (Lipinski definition) is 1. The van der Waals surface area contributed by atoms with Crippen molar-refractivity contribution in [2.45, 2.75) is 58.0 Å². The fraction of sp³-hybridized carbons (Fsp3) is 0.588. The van der Waals surface area contributed by atoms with Gasteiger partial charge in [-0.05, 0) is 30.4 Å².